The largest absolute Gasteiger partial charge is 0.321 e. The first kappa shape index (κ1) is 13.6. The minimum atomic E-state index is -0.167. The van der Waals surface area contributed by atoms with E-state index in [0.717, 1.165) is 21.3 Å². The molecule has 2 nitrogen and oxygen atoms in total. The molecule has 0 aliphatic heterocycles. The summed E-state index contributed by atoms with van der Waals surface area (Å²) in [4.78, 5) is 12.7. The summed E-state index contributed by atoms with van der Waals surface area (Å²) in [6, 6.07) is 5.69. The second kappa shape index (κ2) is 5.43. The lowest BCUT2D eigenvalue weighted by atomic mass is 10.2. The van der Waals surface area contributed by atoms with Crippen LogP contribution >= 0.6 is 38.9 Å². The zero-order chi connectivity index (χ0) is 13.3. The number of hydrogen-bond donors (Lipinski definition) is 1. The molecule has 2 rings (SSSR count). The number of carbonyl (C=O) groups is 1. The molecule has 0 unspecified atom stereocenters. The lowest BCUT2D eigenvalue weighted by Crippen LogP contribution is -2.11. The van der Waals surface area contributed by atoms with E-state index in [1.165, 1.54) is 11.3 Å². The maximum Gasteiger partial charge on any atom is 0.267 e. The Labute approximate surface area is 123 Å². The zero-order valence-corrected chi connectivity index (χ0v) is 13.0. The van der Waals surface area contributed by atoms with Crippen molar-refractivity contribution in [2.75, 3.05) is 5.32 Å². The number of nitrogens with one attached hydrogen (secondary N) is 1. The van der Waals surface area contributed by atoms with Gasteiger partial charge in [0.25, 0.3) is 5.91 Å². The van der Waals surface area contributed by atoms with Gasteiger partial charge in [-0.25, -0.2) is 0 Å². The highest BCUT2D eigenvalue weighted by atomic mass is 79.9. The highest BCUT2D eigenvalue weighted by Crippen LogP contribution is 2.29. The third-order valence-corrected chi connectivity index (χ3v) is 5.18. The molecule has 0 saturated heterocycles. The minimum Gasteiger partial charge on any atom is -0.321 e. The number of hydrogen-bond acceptors (Lipinski definition) is 2. The molecule has 0 saturated carbocycles. The van der Waals surface area contributed by atoms with Gasteiger partial charge in [0.2, 0.25) is 0 Å². The summed E-state index contributed by atoms with van der Waals surface area (Å²) < 4.78 is 0.966. The van der Waals surface area contributed by atoms with Gasteiger partial charge in [0, 0.05) is 10.2 Å². The molecule has 1 N–H and O–H groups in total. The molecule has 1 aromatic carbocycles. The number of amides is 1. The van der Waals surface area contributed by atoms with Crippen molar-refractivity contribution in [1.82, 2.24) is 0 Å². The molecule has 1 heterocycles. The van der Waals surface area contributed by atoms with Crippen molar-refractivity contribution in [2.45, 2.75) is 13.8 Å². The SMILES string of the molecule is Cc1csc(C(=O)Nc2cccc(Br)c2C)c1Cl. The third-order valence-electron chi connectivity index (χ3n) is 2.62. The predicted molar refractivity (Wildman–Crippen MR) is 80.9 cm³/mol. The molecular weight excluding hydrogens is 334 g/mol. The van der Waals surface area contributed by atoms with Crippen LogP contribution in [-0.2, 0) is 0 Å². The van der Waals surface area contributed by atoms with E-state index in [1.54, 1.807) is 0 Å². The van der Waals surface area contributed by atoms with Crippen molar-refractivity contribution in [2.24, 2.45) is 0 Å². The number of anilines is 1. The molecule has 94 valence electrons. The molecule has 0 atom stereocenters. The highest BCUT2D eigenvalue weighted by Gasteiger charge is 2.15. The van der Waals surface area contributed by atoms with Gasteiger partial charge in [-0.3, -0.25) is 4.79 Å². The van der Waals surface area contributed by atoms with Crippen LogP contribution in [0.3, 0.4) is 0 Å². The van der Waals surface area contributed by atoms with E-state index in [-0.39, 0.29) is 5.91 Å². The molecule has 0 bridgehead atoms. The summed E-state index contributed by atoms with van der Waals surface area (Å²) in [6.45, 7) is 3.83. The quantitative estimate of drug-likeness (QED) is 0.813. The second-order valence-electron chi connectivity index (χ2n) is 3.93. The molecule has 1 amide bonds. The Balaban J connectivity index is 2.27. The van der Waals surface area contributed by atoms with Crippen LogP contribution in [0.1, 0.15) is 20.8 Å². The number of rotatable bonds is 2. The minimum absolute atomic E-state index is 0.167. The molecule has 2 aromatic rings. The van der Waals surface area contributed by atoms with Crippen molar-refractivity contribution in [3.63, 3.8) is 0 Å². The smallest absolute Gasteiger partial charge is 0.267 e. The Morgan fingerprint density at radius 2 is 2.11 bits per heavy atom. The van der Waals surface area contributed by atoms with Crippen molar-refractivity contribution >= 4 is 50.5 Å². The van der Waals surface area contributed by atoms with Gasteiger partial charge in [-0.1, -0.05) is 33.6 Å². The van der Waals surface area contributed by atoms with E-state index in [1.807, 2.05) is 37.4 Å². The Hall–Kier alpha value is -0.840. The van der Waals surface area contributed by atoms with E-state index in [9.17, 15) is 4.79 Å². The maximum atomic E-state index is 12.1. The molecule has 18 heavy (non-hydrogen) atoms. The summed E-state index contributed by atoms with van der Waals surface area (Å²) >= 11 is 10.9. The molecule has 1 aromatic heterocycles. The van der Waals surface area contributed by atoms with Crippen LogP contribution in [-0.4, -0.2) is 5.91 Å². The first-order chi connectivity index (χ1) is 8.50. The van der Waals surface area contributed by atoms with Gasteiger partial charge in [0.05, 0.1) is 5.02 Å². The summed E-state index contributed by atoms with van der Waals surface area (Å²) in [5.41, 5.74) is 2.71. The average molecular weight is 345 g/mol. The fourth-order valence-corrected chi connectivity index (χ4v) is 3.04. The van der Waals surface area contributed by atoms with E-state index in [4.69, 9.17) is 11.6 Å². The Morgan fingerprint density at radius 1 is 1.39 bits per heavy atom. The number of thiophene rings is 1. The van der Waals surface area contributed by atoms with Crippen LogP contribution in [0, 0.1) is 13.8 Å². The van der Waals surface area contributed by atoms with E-state index < -0.39 is 0 Å². The molecule has 0 fully saturated rings. The van der Waals surface area contributed by atoms with E-state index in [2.05, 4.69) is 21.2 Å². The Kier molecular flexibility index (Phi) is 4.10. The van der Waals surface area contributed by atoms with Crippen molar-refractivity contribution in [1.29, 1.82) is 0 Å². The molecular formula is C13H11BrClNOS. The van der Waals surface area contributed by atoms with Gasteiger partial charge in [-0.15, -0.1) is 11.3 Å². The van der Waals surface area contributed by atoms with Crippen LogP contribution in [0.25, 0.3) is 0 Å². The molecule has 0 radical (unpaired) electrons. The van der Waals surface area contributed by atoms with Crippen LogP contribution in [0.5, 0.6) is 0 Å². The van der Waals surface area contributed by atoms with Gasteiger partial charge in [-0.05, 0) is 42.5 Å². The third kappa shape index (κ3) is 2.60. The monoisotopic (exact) mass is 343 g/mol. The summed E-state index contributed by atoms with van der Waals surface area (Å²) in [7, 11) is 0. The maximum absolute atomic E-state index is 12.1. The van der Waals surface area contributed by atoms with E-state index in [0.29, 0.717) is 9.90 Å². The predicted octanol–water partition coefficient (Wildman–Crippen LogP) is 5.03. The molecule has 0 spiro atoms. The second-order valence-corrected chi connectivity index (χ2v) is 6.04. The van der Waals surface area contributed by atoms with Crippen molar-refractivity contribution < 1.29 is 4.79 Å². The fraction of sp³-hybridized carbons (Fsp3) is 0.154. The first-order valence-electron chi connectivity index (χ1n) is 5.30. The highest BCUT2D eigenvalue weighted by molar-refractivity contribution is 9.10. The van der Waals surface area contributed by atoms with E-state index >= 15 is 0 Å². The van der Waals surface area contributed by atoms with Crippen LogP contribution in [0.15, 0.2) is 28.1 Å². The topological polar surface area (TPSA) is 29.1 Å². The zero-order valence-electron chi connectivity index (χ0n) is 9.88. The number of benzene rings is 1. The molecule has 5 heteroatoms. The summed E-state index contributed by atoms with van der Waals surface area (Å²) in [5, 5.41) is 5.29. The van der Waals surface area contributed by atoms with Crippen molar-refractivity contribution in [3.8, 4) is 0 Å². The number of halogens is 2. The van der Waals surface area contributed by atoms with Crippen LogP contribution in [0.4, 0.5) is 5.69 Å². The Morgan fingerprint density at radius 3 is 2.72 bits per heavy atom. The molecule has 0 aliphatic carbocycles. The standard InChI is InChI=1S/C13H11BrClNOS/c1-7-6-18-12(11(7)15)13(17)16-10-5-3-4-9(14)8(10)2/h3-6H,1-2H3,(H,16,17). The molecule has 0 aliphatic rings. The van der Waals surface area contributed by atoms with Crippen LogP contribution in [0.2, 0.25) is 5.02 Å². The fourth-order valence-electron chi connectivity index (χ4n) is 1.51. The van der Waals surface area contributed by atoms with Gasteiger partial charge < -0.3 is 5.32 Å². The van der Waals surface area contributed by atoms with Crippen molar-refractivity contribution in [3.05, 3.63) is 49.1 Å². The normalized spacial score (nSPS) is 10.4. The van der Waals surface area contributed by atoms with Gasteiger partial charge >= 0.3 is 0 Å². The Bertz CT molecular complexity index is 609. The van der Waals surface area contributed by atoms with Gasteiger partial charge in [0.15, 0.2) is 0 Å². The average Bonchev–Trinajstić information content (AvgIpc) is 2.66. The summed E-state index contributed by atoms with van der Waals surface area (Å²) in [6.07, 6.45) is 0. The lowest BCUT2D eigenvalue weighted by Gasteiger charge is -2.08. The first-order valence-corrected chi connectivity index (χ1v) is 7.36. The van der Waals surface area contributed by atoms with Gasteiger partial charge in [-0.2, -0.15) is 0 Å². The number of aryl methyl sites for hydroxylation is 1. The number of carbonyl (C=O) groups excluding carboxylic acids is 1. The van der Waals surface area contributed by atoms with Gasteiger partial charge in [0.1, 0.15) is 4.88 Å². The summed E-state index contributed by atoms with van der Waals surface area (Å²) in [5.74, 6) is -0.167. The lowest BCUT2D eigenvalue weighted by molar-refractivity contribution is 0.103. The van der Waals surface area contributed by atoms with Crippen LogP contribution < -0.4 is 5.32 Å².